The highest BCUT2D eigenvalue weighted by Gasteiger charge is 2.30. The monoisotopic (exact) mass is 376 g/mol. The van der Waals surface area contributed by atoms with Gasteiger partial charge in [0, 0.05) is 5.02 Å². The Morgan fingerprint density at radius 1 is 1.15 bits per heavy atom. The molecule has 5 heteroatoms. The van der Waals surface area contributed by atoms with E-state index >= 15 is 0 Å². The average molecular weight is 377 g/mol. The number of benzene rings is 2. The quantitative estimate of drug-likeness (QED) is 0.802. The fourth-order valence-corrected chi connectivity index (χ4v) is 3.49. The fourth-order valence-electron chi connectivity index (χ4n) is 3.31. The predicted octanol–water partition coefficient (Wildman–Crippen LogP) is 3.90. The lowest BCUT2D eigenvalue weighted by Crippen LogP contribution is -2.38. The van der Waals surface area contributed by atoms with Gasteiger partial charge >= 0.3 is 0 Å². The fraction of sp³-hybridized carbons (Fsp3) is 0.429. The Labute approximate surface area is 159 Å². The van der Waals surface area contributed by atoms with Gasteiger partial charge in [-0.2, -0.15) is 0 Å². The number of aliphatic hydroxyl groups excluding tert-OH is 2. The van der Waals surface area contributed by atoms with Gasteiger partial charge in [-0.15, -0.1) is 0 Å². The summed E-state index contributed by atoms with van der Waals surface area (Å²) in [4.78, 5) is 0. The van der Waals surface area contributed by atoms with E-state index in [9.17, 15) is 10.2 Å². The van der Waals surface area contributed by atoms with Gasteiger partial charge in [0.25, 0.3) is 0 Å². The highest BCUT2D eigenvalue weighted by molar-refractivity contribution is 6.31. The van der Waals surface area contributed by atoms with Crippen molar-refractivity contribution in [2.75, 3.05) is 13.2 Å². The first kappa shape index (κ1) is 19.2. The highest BCUT2D eigenvalue weighted by Crippen LogP contribution is 2.33. The van der Waals surface area contributed by atoms with Crippen LogP contribution in [-0.2, 0) is 11.2 Å². The van der Waals surface area contributed by atoms with E-state index in [0.717, 1.165) is 40.3 Å². The Morgan fingerprint density at radius 3 is 2.62 bits per heavy atom. The van der Waals surface area contributed by atoms with Gasteiger partial charge in [0.2, 0.25) is 0 Å². The third-order valence-corrected chi connectivity index (χ3v) is 5.11. The van der Waals surface area contributed by atoms with Gasteiger partial charge < -0.3 is 19.7 Å². The second-order valence-electron chi connectivity index (χ2n) is 6.60. The molecule has 1 saturated heterocycles. The zero-order chi connectivity index (χ0) is 18.5. The number of hydrogen-bond acceptors (Lipinski definition) is 4. The van der Waals surface area contributed by atoms with Crippen molar-refractivity contribution < 1.29 is 19.7 Å². The van der Waals surface area contributed by atoms with Crippen molar-refractivity contribution in [2.24, 2.45) is 0 Å². The predicted molar refractivity (Wildman–Crippen MR) is 102 cm³/mol. The van der Waals surface area contributed by atoms with Crippen LogP contribution in [0.2, 0.25) is 5.02 Å². The van der Waals surface area contributed by atoms with E-state index in [2.05, 4.69) is 6.07 Å². The summed E-state index contributed by atoms with van der Waals surface area (Å²) < 4.78 is 11.3. The molecule has 140 valence electrons. The van der Waals surface area contributed by atoms with Crippen molar-refractivity contribution in [3.05, 3.63) is 64.2 Å². The van der Waals surface area contributed by atoms with Crippen LogP contribution in [-0.4, -0.2) is 35.6 Å². The van der Waals surface area contributed by atoms with E-state index in [1.165, 1.54) is 0 Å². The Balaban J connectivity index is 1.75. The standard InChI is InChI=1S/C21H25ClO4/c1-2-25-17-6-3-14(4-7-17)11-16-12-15(5-8-18(16)22)20-10-9-19(24)21(13-23)26-20/h3-8,12,19-21,23-24H,2,9-11,13H2,1H3/t19-,20+,21+/m0/s1. The zero-order valence-electron chi connectivity index (χ0n) is 14.9. The molecule has 0 saturated carbocycles. The van der Waals surface area contributed by atoms with E-state index < -0.39 is 12.2 Å². The van der Waals surface area contributed by atoms with Gasteiger partial charge in [-0.3, -0.25) is 0 Å². The lowest BCUT2D eigenvalue weighted by molar-refractivity contribution is -0.135. The lowest BCUT2D eigenvalue weighted by atomic mass is 9.94. The first-order valence-electron chi connectivity index (χ1n) is 9.05. The third-order valence-electron chi connectivity index (χ3n) is 4.74. The van der Waals surface area contributed by atoms with E-state index in [0.29, 0.717) is 13.0 Å². The number of aliphatic hydroxyl groups is 2. The molecule has 1 heterocycles. The minimum Gasteiger partial charge on any atom is -0.494 e. The molecule has 1 aliphatic rings. The minimum absolute atomic E-state index is 0.133. The average Bonchev–Trinajstić information content (AvgIpc) is 2.66. The molecule has 1 aliphatic heterocycles. The van der Waals surface area contributed by atoms with Crippen LogP contribution in [0.4, 0.5) is 0 Å². The van der Waals surface area contributed by atoms with Crippen LogP contribution >= 0.6 is 11.6 Å². The van der Waals surface area contributed by atoms with Crippen LogP contribution in [0.3, 0.4) is 0 Å². The Kier molecular flexibility index (Phi) is 6.54. The Morgan fingerprint density at radius 2 is 1.92 bits per heavy atom. The van der Waals surface area contributed by atoms with Gasteiger partial charge in [0.15, 0.2) is 0 Å². The van der Waals surface area contributed by atoms with Crippen molar-refractivity contribution >= 4 is 11.6 Å². The topological polar surface area (TPSA) is 58.9 Å². The van der Waals surface area contributed by atoms with Crippen molar-refractivity contribution in [3.63, 3.8) is 0 Å². The molecule has 2 N–H and O–H groups in total. The summed E-state index contributed by atoms with van der Waals surface area (Å²) in [6, 6.07) is 13.9. The van der Waals surface area contributed by atoms with Crippen LogP contribution in [0.25, 0.3) is 0 Å². The maximum Gasteiger partial charge on any atom is 0.119 e. The second-order valence-corrected chi connectivity index (χ2v) is 7.00. The molecule has 0 bridgehead atoms. The Hall–Kier alpha value is -1.59. The third kappa shape index (κ3) is 4.57. The summed E-state index contributed by atoms with van der Waals surface area (Å²) in [6.07, 6.45) is 0.796. The van der Waals surface area contributed by atoms with E-state index in [1.807, 2.05) is 43.3 Å². The first-order chi connectivity index (χ1) is 12.6. The summed E-state index contributed by atoms with van der Waals surface area (Å²) >= 11 is 6.40. The smallest absolute Gasteiger partial charge is 0.119 e. The van der Waals surface area contributed by atoms with Crippen molar-refractivity contribution in [1.82, 2.24) is 0 Å². The van der Waals surface area contributed by atoms with Crippen LogP contribution in [0.15, 0.2) is 42.5 Å². The summed E-state index contributed by atoms with van der Waals surface area (Å²) in [5.41, 5.74) is 3.21. The van der Waals surface area contributed by atoms with Crippen LogP contribution in [0.5, 0.6) is 5.75 Å². The highest BCUT2D eigenvalue weighted by atomic mass is 35.5. The number of halogens is 1. The molecule has 0 radical (unpaired) electrons. The molecule has 0 unspecified atom stereocenters. The summed E-state index contributed by atoms with van der Waals surface area (Å²) in [5, 5.41) is 20.0. The second kappa shape index (κ2) is 8.87. The molecule has 2 aromatic rings. The molecule has 26 heavy (non-hydrogen) atoms. The Bertz CT molecular complexity index is 716. The SMILES string of the molecule is CCOc1ccc(Cc2cc([C@H]3CC[C@H](O)[C@@H](CO)O3)ccc2Cl)cc1. The molecule has 2 aromatic carbocycles. The summed E-state index contributed by atoms with van der Waals surface area (Å²) in [6.45, 7) is 2.44. The molecule has 3 rings (SSSR count). The normalized spacial score (nSPS) is 23.0. The number of rotatable bonds is 6. The van der Waals surface area contributed by atoms with Gasteiger partial charge in [-0.1, -0.05) is 35.9 Å². The summed E-state index contributed by atoms with van der Waals surface area (Å²) in [7, 11) is 0. The van der Waals surface area contributed by atoms with Crippen LogP contribution in [0.1, 0.15) is 42.6 Å². The van der Waals surface area contributed by atoms with Crippen LogP contribution < -0.4 is 4.74 Å². The van der Waals surface area contributed by atoms with Gasteiger partial charge in [-0.25, -0.2) is 0 Å². The first-order valence-corrected chi connectivity index (χ1v) is 9.43. The van der Waals surface area contributed by atoms with Crippen molar-refractivity contribution in [1.29, 1.82) is 0 Å². The van der Waals surface area contributed by atoms with E-state index in [1.54, 1.807) is 0 Å². The largest absolute Gasteiger partial charge is 0.494 e. The molecule has 3 atom stereocenters. The molecule has 1 fully saturated rings. The lowest BCUT2D eigenvalue weighted by Gasteiger charge is -2.33. The molecular formula is C21H25ClO4. The minimum atomic E-state index is -0.605. The van der Waals surface area contributed by atoms with Gasteiger partial charge in [0.1, 0.15) is 11.9 Å². The van der Waals surface area contributed by atoms with E-state index in [4.69, 9.17) is 21.1 Å². The maximum absolute atomic E-state index is 9.87. The molecule has 0 aliphatic carbocycles. The molecular weight excluding hydrogens is 352 g/mol. The van der Waals surface area contributed by atoms with Gasteiger partial charge in [-0.05, 0) is 61.1 Å². The maximum atomic E-state index is 9.87. The van der Waals surface area contributed by atoms with Crippen molar-refractivity contribution in [3.8, 4) is 5.75 Å². The summed E-state index contributed by atoms with van der Waals surface area (Å²) in [5.74, 6) is 0.861. The number of hydrogen-bond donors (Lipinski definition) is 2. The molecule has 0 amide bonds. The van der Waals surface area contributed by atoms with Gasteiger partial charge in [0.05, 0.1) is 25.4 Å². The molecule has 0 aromatic heterocycles. The molecule has 0 spiro atoms. The molecule has 4 nitrogen and oxygen atoms in total. The van der Waals surface area contributed by atoms with Crippen molar-refractivity contribution in [2.45, 2.75) is 44.5 Å². The van der Waals surface area contributed by atoms with E-state index in [-0.39, 0.29) is 12.7 Å². The van der Waals surface area contributed by atoms with Crippen LogP contribution in [0, 0.1) is 0 Å². The zero-order valence-corrected chi connectivity index (χ0v) is 15.7. The number of ether oxygens (including phenoxy) is 2.